The molecule has 2 aliphatic heterocycles. The van der Waals surface area contributed by atoms with Crippen LogP contribution in [0.15, 0.2) is 42.6 Å². The van der Waals surface area contributed by atoms with Crippen LogP contribution in [0.1, 0.15) is 30.5 Å². The summed E-state index contributed by atoms with van der Waals surface area (Å²) in [5, 5.41) is 9.21. The number of aromatic nitrogens is 3. The number of halogens is 3. The van der Waals surface area contributed by atoms with E-state index in [-0.39, 0.29) is 49.6 Å². The second-order valence-corrected chi connectivity index (χ2v) is 10.3. The fourth-order valence-electron chi connectivity index (χ4n) is 5.25. The van der Waals surface area contributed by atoms with Crippen molar-refractivity contribution in [2.45, 2.75) is 38.7 Å². The summed E-state index contributed by atoms with van der Waals surface area (Å²) in [4.78, 5) is 30.2. The van der Waals surface area contributed by atoms with Crippen molar-refractivity contribution in [1.29, 1.82) is 5.26 Å². The molecule has 3 aromatic rings. The quantitative estimate of drug-likeness (QED) is 0.380. The Morgan fingerprint density at radius 2 is 1.88 bits per heavy atom. The van der Waals surface area contributed by atoms with Crippen molar-refractivity contribution in [2.24, 2.45) is 0 Å². The Morgan fingerprint density at radius 1 is 1.10 bits per heavy atom. The Balaban J connectivity index is 1.45. The van der Waals surface area contributed by atoms with E-state index in [1.807, 2.05) is 32.0 Å². The molecule has 13 heteroatoms. The van der Waals surface area contributed by atoms with Crippen LogP contribution >= 0.6 is 0 Å². The minimum Gasteiger partial charge on any atom is -0.463 e. The number of hydrogen-bond acceptors (Lipinski definition) is 10. The van der Waals surface area contributed by atoms with Gasteiger partial charge in [0.2, 0.25) is 5.95 Å². The van der Waals surface area contributed by atoms with Gasteiger partial charge >= 0.3 is 6.18 Å². The lowest BCUT2D eigenvalue weighted by Crippen LogP contribution is -2.53. The lowest BCUT2D eigenvalue weighted by molar-refractivity contribution is -0.137. The number of nitriles is 1. The van der Waals surface area contributed by atoms with Crippen molar-refractivity contribution in [3.8, 4) is 17.3 Å². The van der Waals surface area contributed by atoms with Gasteiger partial charge in [0.15, 0.2) is 0 Å². The van der Waals surface area contributed by atoms with Crippen LogP contribution in [0.5, 0.6) is 0 Å². The average molecular weight is 582 g/mol. The number of rotatable bonds is 7. The molecule has 0 radical (unpaired) electrons. The van der Waals surface area contributed by atoms with Gasteiger partial charge in [0.25, 0.3) is 6.47 Å². The van der Waals surface area contributed by atoms with Gasteiger partial charge in [-0.15, -0.1) is 0 Å². The average Bonchev–Trinajstić information content (AvgIpc) is 2.99. The van der Waals surface area contributed by atoms with E-state index in [0.717, 1.165) is 11.6 Å². The van der Waals surface area contributed by atoms with E-state index in [0.29, 0.717) is 49.3 Å². The summed E-state index contributed by atoms with van der Waals surface area (Å²) in [6.45, 7) is 6.56. The molecule has 42 heavy (non-hydrogen) atoms. The minimum absolute atomic E-state index is 0.0591. The zero-order valence-electron chi connectivity index (χ0n) is 23.2. The van der Waals surface area contributed by atoms with Gasteiger partial charge in [-0.3, -0.25) is 4.79 Å². The maximum atomic E-state index is 14.0. The first-order chi connectivity index (χ1) is 20.2. The molecular formula is C29H30F3N7O3. The molecule has 2 fully saturated rings. The lowest BCUT2D eigenvalue weighted by atomic mass is 10.1. The number of alkyl halides is 3. The van der Waals surface area contributed by atoms with E-state index >= 15 is 0 Å². The molecule has 220 valence electrons. The zero-order chi connectivity index (χ0) is 29.9. The third-order valence-corrected chi connectivity index (χ3v) is 7.40. The first-order valence-corrected chi connectivity index (χ1v) is 13.5. The van der Waals surface area contributed by atoms with Gasteiger partial charge in [-0.05, 0) is 32.0 Å². The Bertz CT molecular complexity index is 1460. The first kappa shape index (κ1) is 29.1. The highest BCUT2D eigenvalue weighted by Crippen LogP contribution is 2.37. The number of piperazine rings is 1. The summed E-state index contributed by atoms with van der Waals surface area (Å²) in [6, 6.07) is 12.0. The van der Waals surface area contributed by atoms with Crippen LogP contribution in [0.2, 0.25) is 0 Å². The van der Waals surface area contributed by atoms with Crippen LogP contribution in [0.25, 0.3) is 11.3 Å². The fourth-order valence-corrected chi connectivity index (χ4v) is 5.25. The van der Waals surface area contributed by atoms with Crippen molar-refractivity contribution in [1.82, 2.24) is 15.0 Å². The topological polar surface area (TPSA) is 108 Å². The molecular weight excluding hydrogens is 551 g/mol. The minimum atomic E-state index is -4.63. The molecule has 4 heterocycles. The summed E-state index contributed by atoms with van der Waals surface area (Å²) >= 11 is 0. The number of ether oxygens (including phenoxy) is 2. The third kappa shape index (κ3) is 6.23. The predicted molar refractivity (Wildman–Crippen MR) is 149 cm³/mol. The number of carbonyl (C=O) groups is 1. The van der Waals surface area contributed by atoms with Gasteiger partial charge in [0, 0.05) is 55.6 Å². The van der Waals surface area contributed by atoms with Crippen molar-refractivity contribution in [3.63, 3.8) is 0 Å². The second-order valence-electron chi connectivity index (χ2n) is 10.3. The Labute approximate surface area is 241 Å². The number of carbonyl (C=O) groups excluding carboxylic acids is 1. The maximum absolute atomic E-state index is 14.0. The molecule has 2 aliphatic rings. The van der Waals surface area contributed by atoms with E-state index < -0.39 is 11.7 Å². The van der Waals surface area contributed by atoms with Crippen molar-refractivity contribution in [3.05, 3.63) is 59.3 Å². The van der Waals surface area contributed by atoms with Gasteiger partial charge in [-0.1, -0.05) is 12.1 Å². The second kappa shape index (κ2) is 12.2. The maximum Gasteiger partial charge on any atom is 0.419 e. The van der Waals surface area contributed by atoms with Crippen LogP contribution < -0.4 is 14.7 Å². The van der Waals surface area contributed by atoms with Crippen LogP contribution in [0, 0.1) is 11.3 Å². The number of benzene rings is 1. The van der Waals surface area contributed by atoms with Crippen molar-refractivity contribution >= 4 is 24.1 Å². The Hall–Kier alpha value is -4.44. The number of nitrogens with zero attached hydrogens (tertiary/aromatic N) is 7. The van der Waals surface area contributed by atoms with Crippen LogP contribution in [-0.2, 0) is 27.1 Å². The molecule has 5 rings (SSSR count). The number of morpholine rings is 1. The highest BCUT2D eigenvalue weighted by Gasteiger charge is 2.38. The van der Waals surface area contributed by atoms with Gasteiger partial charge in [0.1, 0.15) is 18.2 Å². The molecule has 2 atom stereocenters. The molecule has 0 saturated carbocycles. The van der Waals surface area contributed by atoms with Gasteiger partial charge in [0.05, 0.1) is 42.1 Å². The van der Waals surface area contributed by atoms with Gasteiger partial charge in [-0.25, -0.2) is 9.97 Å². The number of hydrogen-bond donors (Lipinski definition) is 0. The standard InChI is InChI=1S/C29H30F3N7O3/c1-19-15-37(27-24(29(30,31)32)11-22(14-34-27)17-42-18-40)7-8-38(19)26-12-25(23-5-3-21(13-33)4-6-23)35-28(36-26)39-9-10-41-16-20(39)2/h3-6,11-12,14,18-20H,7-10,15-17H2,1-2H3/t19-,20+/m1/s1. The Kier molecular flexibility index (Phi) is 8.44. The van der Waals surface area contributed by atoms with E-state index in [9.17, 15) is 23.2 Å². The van der Waals surface area contributed by atoms with Crippen LogP contribution in [0.3, 0.4) is 0 Å². The largest absolute Gasteiger partial charge is 0.463 e. The lowest BCUT2D eigenvalue weighted by Gasteiger charge is -2.42. The molecule has 0 aliphatic carbocycles. The molecule has 0 bridgehead atoms. The summed E-state index contributed by atoms with van der Waals surface area (Å²) < 4.78 is 52.3. The molecule has 2 aromatic heterocycles. The SMILES string of the molecule is C[C@@H]1CN(c2ncc(COC=O)cc2C(F)(F)F)CCN1c1cc(-c2ccc(C#N)cc2)nc(N2CCOC[C@@H]2C)n1. The molecule has 10 nitrogen and oxygen atoms in total. The monoisotopic (exact) mass is 581 g/mol. The van der Waals surface area contributed by atoms with Gasteiger partial charge < -0.3 is 24.2 Å². The molecule has 0 spiro atoms. The van der Waals surface area contributed by atoms with E-state index in [1.54, 1.807) is 17.0 Å². The van der Waals surface area contributed by atoms with Crippen molar-refractivity contribution in [2.75, 3.05) is 54.1 Å². The molecule has 2 saturated heterocycles. The normalized spacial score (nSPS) is 19.4. The highest BCUT2D eigenvalue weighted by atomic mass is 19.4. The molecule has 1 aromatic carbocycles. The molecule has 0 amide bonds. The Morgan fingerprint density at radius 3 is 2.55 bits per heavy atom. The number of anilines is 3. The highest BCUT2D eigenvalue weighted by molar-refractivity contribution is 5.66. The van der Waals surface area contributed by atoms with Gasteiger partial charge in [-0.2, -0.15) is 23.4 Å². The number of pyridine rings is 1. The summed E-state index contributed by atoms with van der Waals surface area (Å²) in [6.07, 6.45) is -3.33. The van der Waals surface area contributed by atoms with E-state index in [4.69, 9.17) is 14.7 Å². The van der Waals surface area contributed by atoms with E-state index in [2.05, 4.69) is 25.6 Å². The zero-order valence-corrected chi connectivity index (χ0v) is 23.2. The summed E-state index contributed by atoms with van der Waals surface area (Å²) in [7, 11) is 0. The smallest absolute Gasteiger partial charge is 0.419 e. The third-order valence-electron chi connectivity index (χ3n) is 7.40. The molecule has 0 N–H and O–H groups in total. The summed E-state index contributed by atoms with van der Waals surface area (Å²) in [5.74, 6) is 1.05. The fraction of sp³-hybridized carbons (Fsp3) is 0.414. The van der Waals surface area contributed by atoms with Crippen LogP contribution in [-0.4, -0.2) is 72.9 Å². The van der Waals surface area contributed by atoms with Crippen LogP contribution in [0.4, 0.5) is 30.8 Å². The summed E-state index contributed by atoms with van der Waals surface area (Å²) in [5.41, 5.74) is 1.33. The van der Waals surface area contributed by atoms with E-state index in [1.165, 1.54) is 6.20 Å². The predicted octanol–water partition coefficient (Wildman–Crippen LogP) is 4.04. The van der Waals surface area contributed by atoms with Crippen molar-refractivity contribution < 1.29 is 27.4 Å². The first-order valence-electron chi connectivity index (χ1n) is 13.5. The molecule has 0 unspecified atom stereocenters.